The molecule has 0 aliphatic carbocycles. The van der Waals surface area contributed by atoms with E-state index in [4.69, 9.17) is 27.9 Å². The van der Waals surface area contributed by atoms with E-state index < -0.39 is 29.0 Å². The van der Waals surface area contributed by atoms with Crippen molar-refractivity contribution >= 4 is 39.0 Å². The molecule has 0 amide bonds. The minimum Gasteiger partial charge on any atom is -0.465 e. The van der Waals surface area contributed by atoms with Gasteiger partial charge in [-0.3, -0.25) is 0 Å². The number of rotatable bonds is 6. The molecule has 1 heterocycles. The van der Waals surface area contributed by atoms with Crippen molar-refractivity contribution in [2.75, 3.05) is 7.11 Å². The molecular weight excluding hydrogens is 467 g/mol. The van der Waals surface area contributed by atoms with Crippen LogP contribution in [-0.2, 0) is 16.9 Å². The molecule has 0 bridgehead atoms. The molecule has 2 aromatic carbocycles. The Bertz CT molecular complexity index is 1170. The summed E-state index contributed by atoms with van der Waals surface area (Å²) in [4.78, 5) is 12.1. The third-order valence-electron chi connectivity index (χ3n) is 4.75. The van der Waals surface area contributed by atoms with Crippen LogP contribution in [0.2, 0.25) is 5.02 Å². The molecule has 0 spiro atoms. The van der Waals surface area contributed by atoms with Crippen LogP contribution in [0, 0.1) is 0 Å². The monoisotopic (exact) mass is 485 g/mol. The number of methoxy groups -OCH3 is 1. The lowest BCUT2D eigenvalue weighted by Gasteiger charge is -2.32. The van der Waals surface area contributed by atoms with Crippen LogP contribution < -0.4 is 11.6 Å². The molecule has 0 radical (unpaired) electrons. The number of thiophene rings is 1. The summed E-state index contributed by atoms with van der Waals surface area (Å²) in [6, 6.07) is 11.5. The number of halogens is 4. The van der Waals surface area contributed by atoms with Gasteiger partial charge in [0, 0.05) is 16.3 Å². The fraction of sp³-hybridized carbons (Fsp3) is 0.190. The number of hydrogen-bond acceptors (Lipinski definition) is 7. The maximum absolute atomic E-state index is 13.7. The number of hydrazine groups is 1. The molecule has 3 rings (SSSR count). The number of esters is 1. The Kier molecular flexibility index (Phi) is 6.70. The number of aliphatic hydroxyl groups is 1. The van der Waals surface area contributed by atoms with Gasteiger partial charge in [-0.1, -0.05) is 54.1 Å². The molecule has 11 heteroatoms. The normalized spacial score (nSPS) is 14.3. The largest absolute Gasteiger partial charge is 0.465 e. The van der Waals surface area contributed by atoms with E-state index in [1.54, 1.807) is 18.2 Å². The van der Waals surface area contributed by atoms with Crippen molar-refractivity contribution in [3.63, 3.8) is 0 Å². The van der Waals surface area contributed by atoms with Crippen molar-refractivity contribution in [3.05, 3.63) is 81.5 Å². The predicted octanol–water partition coefficient (Wildman–Crippen LogP) is 4.27. The second-order valence-corrected chi connectivity index (χ2v) is 8.33. The van der Waals surface area contributed by atoms with Crippen LogP contribution in [0.4, 0.5) is 13.2 Å². The number of carbonyl (C=O) groups excluding carboxylic acids is 1. The highest BCUT2D eigenvalue weighted by molar-refractivity contribution is 7.21. The molecule has 0 saturated carbocycles. The second-order valence-electron chi connectivity index (χ2n) is 6.90. The Hall–Kier alpha value is -2.79. The van der Waals surface area contributed by atoms with Crippen molar-refractivity contribution in [1.29, 1.82) is 0 Å². The molecule has 0 fully saturated rings. The molecule has 0 aliphatic heterocycles. The van der Waals surface area contributed by atoms with Crippen LogP contribution in [0.3, 0.4) is 0 Å². The molecule has 0 aliphatic rings. The quantitative estimate of drug-likeness (QED) is 0.274. The van der Waals surface area contributed by atoms with Gasteiger partial charge in [0.2, 0.25) is 5.60 Å². The zero-order chi connectivity index (χ0) is 23.7. The van der Waals surface area contributed by atoms with Crippen LogP contribution in [0.25, 0.3) is 10.1 Å². The number of alkyl halides is 3. The first kappa shape index (κ1) is 23.9. The molecule has 6 nitrogen and oxygen atoms in total. The fourth-order valence-electron chi connectivity index (χ4n) is 3.13. The van der Waals surface area contributed by atoms with Crippen LogP contribution in [0.5, 0.6) is 0 Å². The summed E-state index contributed by atoms with van der Waals surface area (Å²) in [5.41, 5.74) is 1.59. The van der Waals surface area contributed by atoms with Gasteiger partial charge in [-0.05, 0) is 17.2 Å². The molecule has 32 heavy (non-hydrogen) atoms. The van der Waals surface area contributed by atoms with Gasteiger partial charge < -0.3 is 20.6 Å². The van der Waals surface area contributed by atoms with E-state index in [9.17, 15) is 23.1 Å². The summed E-state index contributed by atoms with van der Waals surface area (Å²) in [7, 11) is 1.25. The summed E-state index contributed by atoms with van der Waals surface area (Å²) in [6.07, 6.45) is -4.24. The van der Waals surface area contributed by atoms with E-state index in [1.807, 2.05) is 0 Å². The van der Waals surface area contributed by atoms with E-state index in [-0.39, 0.29) is 16.4 Å². The van der Waals surface area contributed by atoms with E-state index in [1.165, 1.54) is 25.3 Å². The van der Waals surface area contributed by atoms with Gasteiger partial charge in [-0.15, -0.1) is 11.3 Å². The first-order valence-corrected chi connectivity index (χ1v) is 10.3. The van der Waals surface area contributed by atoms with Crippen molar-refractivity contribution in [1.82, 2.24) is 5.01 Å². The zero-order valence-corrected chi connectivity index (χ0v) is 18.3. The molecule has 1 atom stereocenters. The van der Waals surface area contributed by atoms with Gasteiger partial charge in [0.1, 0.15) is 4.88 Å². The number of ether oxygens (including phenoxy) is 1. The Morgan fingerprint density at radius 2 is 1.91 bits per heavy atom. The standard InChI is InChI=1S/C21H19ClF3N3O3S/c1-31-19(29)18-17(22)14-8-7-12(9-15(14)32-18)10-28(27)11-16(26)20(30,21(23,24)25)13-5-3-2-4-6-13/h2-9,11,30H,10,26-27H2,1H3/b16-11-. The molecule has 170 valence electrons. The Balaban J connectivity index is 1.89. The van der Waals surface area contributed by atoms with Gasteiger partial charge in [0.05, 0.1) is 24.4 Å². The van der Waals surface area contributed by atoms with E-state index >= 15 is 0 Å². The highest BCUT2D eigenvalue weighted by Crippen LogP contribution is 2.42. The van der Waals surface area contributed by atoms with Gasteiger partial charge >= 0.3 is 12.1 Å². The van der Waals surface area contributed by atoms with Crippen LogP contribution >= 0.6 is 22.9 Å². The first-order valence-electron chi connectivity index (χ1n) is 9.12. The van der Waals surface area contributed by atoms with E-state index in [2.05, 4.69) is 0 Å². The third-order valence-corrected chi connectivity index (χ3v) is 6.39. The molecule has 5 N–H and O–H groups in total. The number of nitrogens with zero attached hydrogens (tertiary/aromatic N) is 1. The number of nitrogens with two attached hydrogens (primary N) is 2. The van der Waals surface area contributed by atoms with Gasteiger partial charge in [0.25, 0.3) is 0 Å². The van der Waals surface area contributed by atoms with E-state index in [0.717, 1.165) is 34.7 Å². The summed E-state index contributed by atoms with van der Waals surface area (Å²) < 4.78 is 46.6. The topological polar surface area (TPSA) is 102 Å². The Labute approximate surface area is 190 Å². The first-order chi connectivity index (χ1) is 15.0. The highest BCUT2D eigenvalue weighted by atomic mass is 35.5. The maximum atomic E-state index is 13.7. The highest BCUT2D eigenvalue weighted by Gasteiger charge is 2.57. The van der Waals surface area contributed by atoms with Crippen LogP contribution in [-0.4, -0.2) is 29.4 Å². The van der Waals surface area contributed by atoms with Crippen molar-refractivity contribution in [2.24, 2.45) is 11.6 Å². The van der Waals surface area contributed by atoms with Crippen molar-refractivity contribution in [3.8, 4) is 0 Å². The minimum atomic E-state index is -5.08. The van der Waals surface area contributed by atoms with Gasteiger partial charge in [0.15, 0.2) is 0 Å². The summed E-state index contributed by atoms with van der Waals surface area (Å²) in [6.45, 7) is -0.0254. The molecule has 1 aromatic heterocycles. The third kappa shape index (κ3) is 4.40. The average molecular weight is 486 g/mol. The van der Waals surface area contributed by atoms with Crippen molar-refractivity contribution < 1.29 is 27.8 Å². The number of benzene rings is 2. The fourth-order valence-corrected chi connectivity index (χ4v) is 4.62. The van der Waals surface area contributed by atoms with Crippen LogP contribution in [0.15, 0.2) is 60.4 Å². The molecule has 0 saturated heterocycles. The minimum absolute atomic E-state index is 0.0254. The predicted molar refractivity (Wildman–Crippen MR) is 117 cm³/mol. The van der Waals surface area contributed by atoms with Crippen molar-refractivity contribution in [2.45, 2.75) is 18.3 Å². The SMILES string of the molecule is COC(=O)c1sc2cc(CN(N)/C=C(\N)C(O)(c3ccccc3)C(F)(F)F)ccc2c1Cl. The Morgan fingerprint density at radius 1 is 1.25 bits per heavy atom. The lowest BCUT2D eigenvalue weighted by Crippen LogP contribution is -2.47. The lowest BCUT2D eigenvalue weighted by molar-refractivity contribution is -0.250. The Morgan fingerprint density at radius 3 is 2.50 bits per heavy atom. The smallest absolute Gasteiger partial charge is 0.427 e. The second kappa shape index (κ2) is 8.99. The number of carbonyl (C=O) groups is 1. The molecule has 1 unspecified atom stereocenters. The zero-order valence-electron chi connectivity index (χ0n) is 16.7. The molecule has 3 aromatic rings. The van der Waals surface area contributed by atoms with Gasteiger partial charge in [-0.25, -0.2) is 10.6 Å². The summed E-state index contributed by atoms with van der Waals surface area (Å²) in [5.74, 6) is 5.31. The van der Waals surface area contributed by atoms with E-state index in [0.29, 0.717) is 15.6 Å². The lowest BCUT2D eigenvalue weighted by atomic mass is 9.90. The number of hydrogen-bond donors (Lipinski definition) is 3. The average Bonchev–Trinajstić information content (AvgIpc) is 3.08. The number of fused-ring (bicyclic) bond motifs is 1. The maximum Gasteiger partial charge on any atom is 0.427 e. The molecular formula is C21H19ClF3N3O3S. The van der Waals surface area contributed by atoms with Crippen LogP contribution in [0.1, 0.15) is 20.8 Å². The van der Waals surface area contributed by atoms with Gasteiger partial charge in [-0.2, -0.15) is 13.2 Å². The summed E-state index contributed by atoms with van der Waals surface area (Å²) >= 11 is 7.34. The summed E-state index contributed by atoms with van der Waals surface area (Å²) in [5, 5.41) is 12.3.